The van der Waals surface area contributed by atoms with Crippen LogP contribution in [0.1, 0.15) is 24.0 Å². The molecule has 2 amide bonds. The Labute approximate surface area is 211 Å². The summed E-state index contributed by atoms with van der Waals surface area (Å²) in [4.78, 5) is 58.1. The van der Waals surface area contributed by atoms with Crippen LogP contribution in [0.3, 0.4) is 0 Å². The first kappa shape index (κ1) is 28.5. The van der Waals surface area contributed by atoms with Gasteiger partial charge in [0.05, 0.1) is 11.9 Å². The lowest BCUT2D eigenvalue weighted by atomic mass is 9.85. The molecular weight excluding hydrogens is 488 g/mol. The van der Waals surface area contributed by atoms with Gasteiger partial charge in [0.15, 0.2) is 4.87 Å². The number of nitrogens with zero attached hydrogens (tertiary/aromatic N) is 1. The predicted molar refractivity (Wildman–Crippen MR) is 134 cm³/mol. The first-order chi connectivity index (χ1) is 17.2. The number of hydrogen-bond acceptors (Lipinski definition) is 8. The van der Waals surface area contributed by atoms with Crippen LogP contribution < -0.4 is 16.4 Å². The number of nitroso groups, excluding NO2 is 1. The standard InChI is InChI=1S/C24H28N4O7S/c25-19(22(32)33)11-12-20(29)27-24(36-28-35,23(34)26-15-21(30)31)18(13-16-7-3-1-4-8-16)14-17-9-5-2-6-10-17/h1-10,18-19H,11-15,25H2,(H,26,34)(H,27,29)(H,30,31)(H,32,33)/t19-,24-/m0/s1. The van der Waals surface area contributed by atoms with Gasteiger partial charge in [0, 0.05) is 16.9 Å². The molecule has 0 spiro atoms. The Balaban J connectivity index is 2.51. The van der Waals surface area contributed by atoms with E-state index in [1.807, 2.05) is 36.4 Å². The number of aliphatic carboxylic acids is 2. The Hall–Kier alpha value is -3.77. The molecule has 0 fully saturated rings. The largest absolute Gasteiger partial charge is 0.480 e. The fraction of sp³-hybridized carbons (Fsp3) is 0.333. The molecule has 0 aliphatic rings. The molecule has 192 valence electrons. The molecule has 0 saturated carbocycles. The van der Waals surface area contributed by atoms with E-state index in [1.54, 1.807) is 24.3 Å². The fourth-order valence-electron chi connectivity index (χ4n) is 3.67. The van der Waals surface area contributed by atoms with Gasteiger partial charge in [0.1, 0.15) is 12.6 Å². The zero-order chi connectivity index (χ0) is 26.6. The van der Waals surface area contributed by atoms with Gasteiger partial charge >= 0.3 is 11.9 Å². The van der Waals surface area contributed by atoms with Crippen LogP contribution in [0, 0.1) is 10.8 Å². The summed E-state index contributed by atoms with van der Waals surface area (Å²) in [6.45, 7) is -0.747. The van der Waals surface area contributed by atoms with Crippen LogP contribution in [-0.2, 0) is 32.0 Å². The van der Waals surface area contributed by atoms with E-state index in [2.05, 4.69) is 15.2 Å². The molecule has 2 aromatic carbocycles. The highest BCUT2D eigenvalue weighted by Crippen LogP contribution is 2.37. The maximum Gasteiger partial charge on any atom is 0.322 e. The lowest BCUT2D eigenvalue weighted by Crippen LogP contribution is -2.62. The van der Waals surface area contributed by atoms with E-state index in [1.165, 1.54) is 0 Å². The number of carboxylic acids is 2. The maximum absolute atomic E-state index is 13.4. The molecule has 0 radical (unpaired) electrons. The third-order valence-electron chi connectivity index (χ3n) is 5.47. The second kappa shape index (κ2) is 14.0. The first-order valence-electron chi connectivity index (χ1n) is 11.1. The second-order valence-corrected chi connectivity index (χ2v) is 9.06. The minimum absolute atomic E-state index is 0.213. The van der Waals surface area contributed by atoms with Crippen molar-refractivity contribution in [3.05, 3.63) is 76.7 Å². The highest BCUT2D eigenvalue weighted by atomic mass is 32.2. The molecule has 2 atom stereocenters. The summed E-state index contributed by atoms with van der Waals surface area (Å²) >= 11 is 0.284. The third-order valence-corrected chi connectivity index (χ3v) is 6.45. The molecule has 0 aliphatic heterocycles. The Morgan fingerprint density at radius 2 is 1.47 bits per heavy atom. The number of carboxylic acid groups (broad SMARTS) is 2. The number of carbonyl (C=O) groups excluding carboxylic acids is 2. The second-order valence-electron chi connectivity index (χ2n) is 8.09. The Morgan fingerprint density at radius 3 is 1.92 bits per heavy atom. The lowest BCUT2D eigenvalue weighted by Gasteiger charge is -2.37. The number of carbonyl (C=O) groups is 4. The van der Waals surface area contributed by atoms with E-state index in [0.717, 1.165) is 11.1 Å². The summed E-state index contributed by atoms with van der Waals surface area (Å²) < 4.78 is 2.86. The van der Waals surface area contributed by atoms with Gasteiger partial charge in [-0.3, -0.25) is 19.2 Å². The number of nitrogens with one attached hydrogen (secondary N) is 2. The zero-order valence-corrected chi connectivity index (χ0v) is 20.1. The van der Waals surface area contributed by atoms with E-state index in [9.17, 15) is 24.1 Å². The average molecular weight is 517 g/mol. The van der Waals surface area contributed by atoms with Crippen molar-refractivity contribution in [2.45, 2.75) is 36.6 Å². The molecule has 36 heavy (non-hydrogen) atoms. The molecule has 2 aromatic rings. The molecule has 12 heteroatoms. The van der Waals surface area contributed by atoms with Crippen molar-refractivity contribution in [1.82, 2.24) is 10.6 Å². The van der Waals surface area contributed by atoms with E-state index < -0.39 is 47.1 Å². The number of rotatable bonds is 15. The average Bonchev–Trinajstić information content (AvgIpc) is 2.86. The van der Waals surface area contributed by atoms with Crippen LogP contribution in [0.5, 0.6) is 0 Å². The zero-order valence-electron chi connectivity index (χ0n) is 19.3. The molecule has 0 saturated heterocycles. The van der Waals surface area contributed by atoms with Crippen molar-refractivity contribution in [2.24, 2.45) is 16.2 Å². The predicted octanol–water partition coefficient (Wildman–Crippen LogP) is 1.71. The SMILES string of the molecule is N[C@@H](CCC(=O)N[C@@](SN=O)(C(=O)NCC(=O)O)C(Cc1ccccc1)Cc1ccccc1)C(=O)O. The van der Waals surface area contributed by atoms with Crippen molar-refractivity contribution < 1.29 is 29.4 Å². The number of benzene rings is 2. The molecule has 2 rings (SSSR count). The van der Waals surface area contributed by atoms with Gasteiger partial charge in [-0.2, -0.15) is 0 Å². The van der Waals surface area contributed by atoms with Crippen molar-refractivity contribution in [1.29, 1.82) is 0 Å². The Bertz CT molecular complexity index is 1010. The van der Waals surface area contributed by atoms with Crippen LogP contribution in [0.4, 0.5) is 0 Å². The van der Waals surface area contributed by atoms with Gasteiger partial charge in [-0.15, -0.1) is 4.91 Å². The van der Waals surface area contributed by atoms with Crippen LogP contribution >= 0.6 is 11.9 Å². The lowest BCUT2D eigenvalue weighted by molar-refractivity contribution is -0.139. The molecule has 0 aliphatic carbocycles. The van der Waals surface area contributed by atoms with Gasteiger partial charge in [-0.25, -0.2) is 0 Å². The van der Waals surface area contributed by atoms with Gasteiger partial charge in [0.25, 0.3) is 5.91 Å². The maximum atomic E-state index is 13.4. The van der Waals surface area contributed by atoms with Crippen LogP contribution in [0.2, 0.25) is 0 Å². The number of hydrogen-bond donors (Lipinski definition) is 5. The summed E-state index contributed by atoms with van der Waals surface area (Å²) in [5, 5.41) is 22.9. The first-order valence-corrected chi connectivity index (χ1v) is 11.8. The third kappa shape index (κ3) is 8.47. The minimum Gasteiger partial charge on any atom is -0.480 e. The number of nitrogens with two attached hydrogens (primary N) is 1. The molecule has 0 bridgehead atoms. The monoisotopic (exact) mass is 516 g/mol. The highest BCUT2D eigenvalue weighted by molar-refractivity contribution is 8.00. The van der Waals surface area contributed by atoms with Crippen molar-refractivity contribution in [2.75, 3.05) is 6.54 Å². The molecule has 0 aromatic heterocycles. The van der Waals surface area contributed by atoms with Gasteiger partial charge in [-0.05, 0) is 30.4 Å². The summed E-state index contributed by atoms with van der Waals surface area (Å²) in [6, 6.07) is 16.8. The molecule has 0 unspecified atom stereocenters. The fourth-order valence-corrected chi connectivity index (χ4v) is 4.41. The highest BCUT2D eigenvalue weighted by Gasteiger charge is 2.49. The quantitative estimate of drug-likeness (QED) is 0.133. The summed E-state index contributed by atoms with van der Waals surface area (Å²) in [5.41, 5.74) is 7.11. The van der Waals surface area contributed by atoms with Crippen LogP contribution in [-0.4, -0.2) is 51.4 Å². The summed E-state index contributed by atoms with van der Waals surface area (Å²) in [7, 11) is 0. The van der Waals surface area contributed by atoms with Gasteiger partial charge in [-0.1, -0.05) is 60.7 Å². The van der Waals surface area contributed by atoms with Crippen molar-refractivity contribution in [3.8, 4) is 0 Å². The molecule has 0 heterocycles. The minimum atomic E-state index is -1.99. The van der Waals surface area contributed by atoms with E-state index >= 15 is 0 Å². The van der Waals surface area contributed by atoms with Crippen molar-refractivity contribution >= 4 is 35.7 Å². The summed E-state index contributed by atoms with van der Waals surface area (Å²) in [5.74, 6) is -5.01. The van der Waals surface area contributed by atoms with E-state index in [4.69, 9.17) is 15.9 Å². The molecule has 6 N–H and O–H groups in total. The van der Waals surface area contributed by atoms with Crippen LogP contribution in [0.25, 0.3) is 0 Å². The van der Waals surface area contributed by atoms with Crippen LogP contribution in [0.15, 0.2) is 65.2 Å². The summed E-state index contributed by atoms with van der Waals surface area (Å²) in [6.07, 6.45) is -0.0964. The van der Waals surface area contributed by atoms with Gasteiger partial charge < -0.3 is 26.6 Å². The molecule has 11 nitrogen and oxygen atoms in total. The normalized spacial score (nSPS) is 13.3. The van der Waals surface area contributed by atoms with Crippen molar-refractivity contribution in [3.63, 3.8) is 0 Å². The smallest absolute Gasteiger partial charge is 0.322 e. The van der Waals surface area contributed by atoms with E-state index in [0.29, 0.717) is 0 Å². The number of amides is 2. The molecular formula is C24H28N4O7S. The Kier molecular flexibility index (Phi) is 11.0. The Morgan fingerprint density at radius 1 is 0.944 bits per heavy atom. The van der Waals surface area contributed by atoms with Gasteiger partial charge in [0.2, 0.25) is 5.91 Å². The topological polar surface area (TPSA) is 188 Å². The van der Waals surface area contributed by atoms with E-state index in [-0.39, 0.29) is 37.6 Å².